The standard InChI is InChI=1S/C96H182N6O31/c1-8-9-10-11-12-13-14-15-16-17-18-19-23-28-91(105)99-89(94(108)109)31-30-87(103)26-21-20-22-27-88(98-92(106)32-29-86-85-102(101-100-86)36-25-24-34-95(2,3)4)93(107)97-35-38-111-40-42-113-44-46-115-48-50-117-52-54-119-56-58-121-60-62-123-64-66-125-68-70-127-72-74-129-76-78-131-80-82-133-84-83-132-81-79-130-77-75-128-73-71-126-69-67-124-65-63-122-61-59-120-57-55-118-53-51-116-49-47-114-45-43-112-41-39-110-37-33-90(104)96(5,6)7/h85,88-89H,8-84H2,1-7H3,(H,97,107)(H,98,106)(H,99,105)(H,108,109)/t88-,89-/m0/s1. The van der Waals surface area contributed by atoms with Crippen molar-refractivity contribution in [3.63, 3.8) is 0 Å². The van der Waals surface area contributed by atoms with Gasteiger partial charge in [0.1, 0.15) is 23.7 Å². The lowest BCUT2D eigenvalue weighted by Gasteiger charge is -2.18. The molecule has 0 aliphatic heterocycles. The Balaban J connectivity index is 1.90. The van der Waals surface area contributed by atoms with Crippen LogP contribution in [-0.2, 0) is 155 Å². The summed E-state index contributed by atoms with van der Waals surface area (Å²) in [5.41, 5.74) is 0.639. The number of carbonyl (C=O) groups is 6. The molecule has 0 fully saturated rings. The van der Waals surface area contributed by atoms with E-state index in [1.165, 1.54) is 57.8 Å². The van der Waals surface area contributed by atoms with Crippen molar-refractivity contribution < 1.29 is 148 Å². The van der Waals surface area contributed by atoms with Crippen LogP contribution in [0.4, 0.5) is 0 Å². The maximum Gasteiger partial charge on any atom is 0.326 e. The van der Waals surface area contributed by atoms with Gasteiger partial charge in [0.25, 0.3) is 0 Å². The molecule has 0 unspecified atom stereocenters. The molecular formula is C96H182N6O31. The lowest BCUT2D eigenvalue weighted by molar-refractivity contribution is -0.142. The quantitative estimate of drug-likeness (QED) is 0.0440. The molecule has 37 heteroatoms. The number of amides is 3. The van der Waals surface area contributed by atoms with Crippen LogP contribution in [0.15, 0.2) is 6.20 Å². The number of ketones is 2. The lowest BCUT2D eigenvalue weighted by Crippen LogP contribution is -2.47. The maximum absolute atomic E-state index is 13.5. The normalized spacial score (nSPS) is 12.4. The fourth-order valence-corrected chi connectivity index (χ4v) is 12.4. The summed E-state index contributed by atoms with van der Waals surface area (Å²) in [6.45, 7) is 37.1. The van der Waals surface area contributed by atoms with Gasteiger partial charge in [-0.15, -0.1) is 5.10 Å². The van der Waals surface area contributed by atoms with Crippen LogP contribution < -0.4 is 16.0 Å². The number of aryl methyl sites for hydroxylation is 2. The molecule has 0 saturated carbocycles. The molecule has 37 nitrogen and oxygen atoms in total. The van der Waals surface area contributed by atoms with E-state index in [0.29, 0.717) is 361 Å². The average molecular weight is 1920 g/mol. The van der Waals surface area contributed by atoms with Gasteiger partial charge in [-0.25, -0.2) is 4.79 Å². The Hall–Kier alpha value is -4.60. The van der Waals surface area contributed by atoms with E-state index < -0.39 is 18.1 Å². The molecule has 1 heterocycles. The van der Waals surface area contributed by atoms with Crippen molar-refractivity contribution in [1.82, 2.24) is 30.9 Å². The van der Waals surface area contributed by atoms with Crippen molar-refractivity contribution in [2.45, 2.75) is 240 Å². The molecule has 2 atom stereocenters. The third-order valence-corrected chi connectivity index (χ3v) is 20.1. The fraction of sp³-hybridized carbons (Fsp3) is 0.917. The first-order chi connectivity index (χ1) is 64.9. The summed E-state index contributed by atoms with van der Waals surface area (Å²) in [4.78, 5) is 76.2. The molecule has 1 aromatic rings. The van der Waals surface area contributed by atoms with Crippen LogP contribution in [-0.4, -0.2) is 391 Å². The fourth-order valence-electron chi connectivity index (χ4n) is 12.4. The highest BCUT2D eigenvalue weighted by molar-refractivity contribution is 5.88. The SMILES string of the molecule is CCCCCCCCCCCCCCCC(=O)N[C@@H](CCC(=O)CCCCC[C@H](NC(=O)CCc1cn(CCCCC(C)(C)C)nn1)C(=O)NCCOCCOCCOCCOCCOCCOCCOCCOCCOCCOCCOCCOCCOCCOCCOCCOCCOCCOCCOCCOCCOCCOCCOCCOCCC(=O)C(C)(C)C)C(=O)O. The van der Waals surface area contributed by atoms with Gasteiger partial charge in [-0.05, 0) is 43.9 Å². The second kappa shape index (κ2) is 97.6. The van der Waals surface area contributed by atoms with Crippen molar-refractivity contribution in [3.8, 4) is 0 Å². The zero-order chi connectivity index (χ0) is 96.4. The molecule has 0 radical (unpaired) electrons. The zero-order valence-corrected chi connectivity index (χ0v) is 83.2. The van der Waals surface area contributed by atoms with Gasteiger partial charge in [0, 0.05) is 63.2 Å². The minimum Gasteiger partial charge on any atom is -0.480 e. The highest BCUT2D eigenvalue weighted by atomic mass is 16.6. The van der Waals surface area contributed by atoms with Crippen LogP contribution in [0, 0.1) is 10.8 Å². The molecule has 0 aliphatic carbocycles. The number of ether oxygens (including phenoxy) is 24. The van der Waals surface area contributed by atoms with Gasteiger partial charge in [-0.2, -0.15) is 0 Å². The van der Waals surface area contributed by atoms with Crippen molar-refractivity contribution in [1.29, 1.82) is 0 Å². The van der Waals surface area contributed by atoms with Gasteiger partial charge in [-0.3, -0.25) is 28.7 Å². The van der Waals surface area contributed by atoms with E-state index in [-0.39, 0.29) is 85.4 Å². The number of nitrogens with one attached hydrogen (secondary N) is 3. The topological polar surface area (TPSA) is 411 Å². The number of aliphatic carboxylic acids is 1. The highest BCUT2D eigenvalue weighted by Gasteiger charge is 2.24. The Morgan fingerprint density at radius 3 is 0.917 bits per heavy atom. The molecular weight excluding hydrogens is 1730 g/mol. The molecule has 4 N–H and O–H groups in total. The summed E-state index contributed by atoms with van der Waals surface area (Å²) in [5, 5.41) is 26.7. The van der Waals surface area contributed by atoms with Crippen LogP contribution in [0.2, 0.25) is 0 Å². The molecule has 1 rings (SSSR count). The monoisotopic (exact) mass is 1920 g/mol. The summed E-state index contributed by atoms with van der Waals surface area (Å²) in [7, 11) is 0. The molecule has 0 saturated heterocycles. The first kappa shape index (κ1) is 126. The zero-order valence-electron chi connectivity index (χ0n) is 83.2. The average Bonchev–Trinajstić information content (AvgIpc) is 1.82. The molecule has 0 bridgehead atoms. The smallest absolute Gasteiger partial charge is 0.326 e. The van der Waals surface area contributed by atoms with Crippen LogP contribution >= 0.6 is 0 Å². The van der Waals surface area contributed by atoms with Crippen molar-refractivity contribution in [2.75, 3.05) is 324 Å². The third-order valence-electron chi connectivity index (χ3n) is 20.1. The van der Waals surface area contributed by atoms with Gasteiger partial charge in [0.2, 0.25) is 17.7 Å². The van der Waals surface area contributed by atoms with Crippen LogP contribution in [0.25, 0.3) is 0 Å². The number of carboxylic acids is 1. The minimum atomic E-state index is -1.15. The third kappa shape index (κ3) is 94.8. The summed E-state index contributed by atoms with van der Waals surface area (Å²) in [6, 6.07) is -1.93. The van der Waals surface area contributed by atoms with Crippen molar-refractivity contribution >= 4 is 35.3 Å². The van der Waals surface area contributed by atoms with Gasteiger partial charge in [-0.1, -0.05) is 150 Å². The molecule has 3 amide bonds. The maximum atomic E-state index is 13.5. The predicted molar refractivity (Wildman–Crippen MR) is 503 cm³/mol. The second-order valence-electron chi connectivity index (χ2n) is 34.1. The van der Waals surface area contributed by atoms with E-state index in [4.69, 9.17) is 114 Å². The molecule has 133 heavy (non-hydrogen) atoms. The first-order valence-corrected chi connectivity index (χ1v) is 49.8. The number of carboxylic acid groups (broad SMARTS) is 1. The van der Waals surface area contributed by atoms with Gasteiger partial charge >= 0.3 is 5.97 Å². The van der Waals surface area contributed by atoms with Crippen LogP contribution in [0.5, 0.6) is 0 Å². The summed E-state index contributed by atoms with van der Waals surface area (Å²) in [5.74, 6) is -1.98. The molecule has 0 aliphatic rings. The Morgan fingerprint density at radius 2 is 0.602 bits per heavy atom. The highest BCUT2D eigenvalue weighted by Crippen LogP contribution is 2.22. The number of hydrogen-bond donors (Lipinski definition) is 4. The largest absolute Gasteiger partial charge is 0.480 e. The number of rotatable bonds is 109. The minimum absolute atomic E-state index is 0.0239. The van der Waals surface area contributed by atoms with Gasteiger partial charge in [0.05, 0.1) is 323 Å². The van der Waals surface area contributed by atoms with Gasteiger partial charge < -0.3 is 135 Å². The molecule has 0 spiro atoms. The molecule has 782 valence electrons. The Kier molecular flexibility index (Phi) is 92.8. The summed E-state index contributed by atoms with van der Waals surface area (Å²) < 4.78 is 135. The van der Waals surface area contributed by atoms with E-state index in [0.717, 1.165) is 45.1 Å². The van der Waals surface area contributed by atoms with Crippen LogP contribution in [0.1, 0.15) is 221 Å². The number of aromatic nitrogens is 3. The van der Waals surface area contributed by atoms with Gasteiger partial charge in [0.15, 0.2) is 0 Å². The first-order valence-electron chi connectivity index (χ1n) is 49.8. The van der Waals surface area contributed by atoms with E-state index in [1.807, 2.05) is 31.6 Å². The lowest BCUT2D eigenvalue weighted by atomic mass is 9.89. The van der Waals surface area contributed by atoms with E-state index >= 15 is 0 Å². The van der Waals surface area contributed by atoms with Crippen molar-refractivity contribution in [3.05, 3.63) is 11.9 Å². The van der Waals surface area contributed by atoms with E-state index in [1.54, 1.807) is 0 Å². The number of unbranched alkanes of at least 4 members (excludes halogenated alkanes) is 15. The van der Waals surface area contributed by atoms with E-state index in [2.05, 4.69) is 54.0 Å². The summed E-state index contributed by atoms with van der Waals surface area (Å²) in [6.07, 6.45) is 24.1. The van der Waals surface area contributed by atoms with Crippen molar-refractivity contribution in [2.24, 2.45) is 10.8 Å². The second-order valence-corrected chi connectivity index (χ2v) is 34.1. The molecule has 0 aromatic carbocycles. The van der Waals surface area contributed by atoms with Crippen LogP contribution in [0.3, 0.4) is 0 Å². The number of hydrogen-bond acceptors (Lipinski definition) is 32. The number of nitrogens with zero attached hydrogens (tertiary/aromatic N) is 3. The Bertz CT molecular complexity index is 2730. The predicted octanol–water partition coefficient (Wildman–Crippen LogP) is 9.78. The Labute approximate surface area is 797 Å². The van der Waals surface area contributed by atoms with E-state index in [9.17, 15) is 33.9 Å². The Morgan fingerprint density at radius 1 is 0.316 bits per heavy atom. The summed E-state index contributed by atoms with van der Waals surface area (Å²) >= 11 is 0. The number of Topliss-reactive ketones (excluding diaryl/α,β-unsaturated/α-hetero) is 2. The molecule has 1 aromatic heterocycles. The number of carbonyl (C=O) groups excluding carboxylic acids is 5.